The molecule has 0 aliphatic heterocycles. The first-order valence-corrected chi connectivity index (χ1v) is 2.19. The topological polar surface area (TPSA) is 86.2 Å². The van der Waals surface area contributed by atoms with Gasteiger partial charge in [0.2, 0.25) is 0 Å². The molecule has 0 aliphatic carbocycles. The van der Waals surface area contributed by atoms with Crippen molar-refractivity contribution in [1.29, 1.82) is 0 Å². The Kier molecular flexibility index (Phi) is 27.4. The molecule has 0 unspecified atom stereocenters. The summed E-state index contributed by atoms with van der Waals surface area (Å²) in [5, 5.41) is 0. The summed E-state index contributed by atoms with van der Waals surface area (Å²) in [6, 6.07) is 0. The maximum atomic E-state index is 8.55. The van der Waals surface area contributed by atoms with Crippen LogP contribution in [0.3, 0.4) is 0 Å². The monoisotopic (exact) mass is 245 g/mol. The molecular formula is FeKMnO4P+2. The average Bonchev–Trinajstić information content (AvgIpc) is 0.722. The summed E-state index contributed by atoms with van der Waals surface area (Å²) in [6.07, 6.45) is 0. The Morgan fingerprint density at radius 3 is 1.12 bits per heavy atom. The van der Waals surface area contributed by atoms with Crippen molar-refractivity contribution in [3.8, 4) is 0 Å². The van der Waals surface area contributed by atoms with Crippen LogP contribution in [0.2, 0.25) is 0 Å². The van der Waals surface area contributed by atoms with E-state index < -0.39 is 7.82 Å². The fraction of sp³-hybridized carbons (Fsp3) is 0. The molecule has 1 radical (unpaired) electrons. The van der Waals surface area contributed by atoms with Gasteiger partial charge in [-0.1, -0.05) is 0 Å². The summed E-state index contributed by atoms with van der Waals surface area (Å²) in [6.45, 7) is 0. The first kappa shape index (κ1) is 22.4. The largest absolute Gasteiger partial charge is 2.00 e. The van der Waals surface area contributed by atoms with E-state index in [1.807, 2.05) is 0 Å². The van der Waals surface area contributed by atoms with Gasteiger partial charge in [-0.15, -0.1) is 0 Å². The molecule has 43 valence electrons. The van der Waals surface area contributed by atoms with Crippen LogP contribution in [0.1, 0.15) is 0 Å². The Morgan fingerprint density at radius 2 is 1.12 bits per heavy atom. The molecule has 0 saturated carbocycles. The van der Waals surface area contributed by atoms with E-state index >= 15 is 0 Å². The van der Waals surface area contributed by atoms with Gasteiger partial charge in [0, 0.05) is 0 Å². The molecule has 0 atom stereocenters. The van der Waals surface area contributed by atoms with E-state index in [1.54, 1.807) is 0 Å². The Balaban J connectivity index is -0.0000000267. The van der Waals surface area contributed by atoms with Crippen LogP contribution < -0.4 is 66.1 Å². The second-order valence-corrected chi connectivity index (χ2v) is 1.34. The minimum Gasteiger partial charge on any atom is -0.822 e. The van der Waals surface area contributed by atoms with Gasteiger partial charge in [0.25, 0.3) is 0 Å². The molecule has 0 spiro atoms. The van der Waals surface area contributed by atoms with E-state index in [4.69, 9.17) is 19.2 Å². The average molecular weight is 245 g/mol. The smallest absolute Gasteiger partial charge is 0.822 e. The van der Waals surface area contributed by atoms with Crippen LogP contribution in [0.5, 0.6) is 0 Å². The third-order valence-electron chi connectivity index (χ3n) is 0. The van der Waals surface area contributed by atoms with Crippen LogP contribution >= 0.6 is 7.82 Å². The van der Waals surface area contributed by atoms with E-state index in [2.05, 4.69) is 0 Å². The van der Waals surface area contributed by atoms with Crippen molar-refractivity contribution in [1.82, 2.24) is 0 Å². The SMILES string of the molecule is O=P([O-])([O-])[O-].[Fe+2].[K+].[Mn+2]. The van der Waals surface area contributed by atoms with Gasteiger partial charge in [-0.2, -0.15) is 7.82 Å². The quantitative estimate of drug-likeness (QED) is 0.314. The molecule has 0 aromatic carbocycles. The zero-order valence-electron chi connectivity index (χ0n) is 3.81. The number of phosphoric acid groups is 1. The second kappa shape index (κ2) is 9.79. The van der Waals surface area contributed by atoms with Gasteiger partial charge in [-0.05, 0) is 0 Å². The summed E-state index contributed by atoms with van der Waals surface area (Å²) in [7, 11) is -5.39. The van der Waals surface area contributed by atoms with Gasteiger partial charge in [-0.25, -0.2) is 0 Å². The summed E-state index contributed by atoms with van der Waals surface area (Å²) in [5.41, 5.74) is 0. The number of rotatable bonds is 0. The van der Waals surface area contributed by atoms with Crippen LogP contribution in [0, 0.1) is 0 Å². The minimum absolute atomic E-state index is 0. The normalized spacial score (nSPS) is 7.38. The molecule has 0 aromatic heterocycles. The molecule has 0 aromatic rings. The van der Waals surface area contributed by atoms with Gasteiger partial charge in [0.1, 0.15) is 0 Å². The van der Waals surface area contributed by atoms with Crippen molar-refractivity contribution in [2.75, 3.05) is 0 Å². The van der Waals surface area contributed by atoms with Crippen LogP contribution in [-0.4, -0.2) is 0 Å². The van der Waals surface area contributed by atoms with Gasteiger partial charge in [0.15, 0.2) is 0 Å². The predicted octanol–water partition coefficient (Wildman–Crippen LogP) is -5.83. The molecule has 0 N–H and O–H groups in total. The molecule has 4 nitrogen and oxygen atoms in total. The molecule has 0 amide bonds. The molecule has 0 aliphatic rings. The Morgan fingerprint density at radius 1 is 1.12 bits per heavy atom. The van der Waals surface area contributed by atoms with Gasteiger partial charge in [0.05, 0.1) is 0 Å². The maximum Gasteiger partial charge on any atom is 2.00 e. The summed E-state index contributed by atoms with van der Waals surface area (Å²) in [4.78, 5) is 25.6. The van der Waals surface area contributed by atoms with Crippen molar-refractivity contribution < 1.29 is 105 Å². The van der Waals surface area contributed by atoms with Gasteiger partial charge < -0.3 is 19.2 Å². The van der Waals surface area contributed by atoms with Gasteiger partial charge in [-0.3, -0.25) is 0 Å². The predicted molar refractivity (Wildman–Crippen MR) is 7.61 cm³/mol. The van der Waals surface area contributed by atoms with E-state index in [1.165, 1.54) is 0 Å². The fourth-order valence-electron chi connectivity index (χ4n) is 0. The Hall–Kier alpha value is 2.79. The molecule has 8 heavy (non-hydrogen) atoms. The molecular weight excluding hydrogens is 245 g/mol. The van der Waals surface area contributed by atoms with Crippen molar-refractivity contribution in [2.24, 2.45) is 0 Å². The van der Waals surface area contributed by atoms with E-state index in [-0.39, 0.29) is 85.5 Å². The van der Waals surface area contributed by atoms with Crippen molar-refractivity contribution in [3.63, 3.8) is 0 Å². The number of hydrogen-bond acceptors (Lipinski definition) is 4. The number of hydrogen-bond donors (Lipinski definition) is 0. The fourth-order valence-corrected chi connectivity index (χ4v) is 0. The Labute approximate surface area is 110 Å². The zero-order valence-corrected chi connectivity index (χ0v) is 10.1. The third-order valence-corrected chi connectivity index (χ3v) is 0. The Bertz CT molecular complexity index is 62.2. The zero-order chi connectivity index (χ0) is 4.50. The molecule has 8 heteroatoms. The van der Waals surface area contributed by atoms with Crippen LogP contribution in [0.4, 0.5) is 0 Å². The van der Waals surface area contributed by atoms with E-state index in [0.29, 0.717) is 0 Å². The molecule has 0 rings (SSSR count). The van der Waals surface area contributed by atoms with Crippen LogP contribution in [-0.2, 0) is 38.7 Å². The van der Waals surface area contributed by atoms with E-state index in [9.17, 15) is 0 Å². The van der Waals surface area contributed by atoms with Crippen LogP contribution in [0.15, 0.2) is 0 Å². The van der Waals surface area contributed by atoms with Gasteiger partial charge >= 0.3 is 85.5 Å². The molecule has 0 bridgehead atoms. The first-order chi connectivity index (χ1) is 2.00. The maximum absolute atomic E-state index is 8.55. The van der Waals surface area contributed by atoms with Crippen molar-refractivity contribution >= 4 is 7.82 Å². The standard InChI is InChI=1S/Fe.K.Mn.H3O4P/c;;;1-5(2,3)4/h;;;(H3,1,2,3,4)/q+2;+1;+2;/p-3. The molecule has 0 fully saturated rings. The van der Waals surface area contributed by atoms with Crippen molar-refractivity contribution in [2.45, 2.75) is 0 Å². The summed E-state index contributed by atoms with van der Waals surface area (Å²) >= 11 is 0. The first-order valence-electron chi connectivity index (χ1n) is 0.730. The summed E-state index contributed by atoms with van der Waals surface area (Å²) < 4.78 is 8.55. The third kappa shape index (κ3) is 68.6. The second-order valence-electron chi connectivity index (χ2n) is 0.447. The van der Waals surface area contributed by atoms with Crippen molar-refractivity contribution in [3.05, 3.63) is 0 Å². The minimum atomic E-state index is -5.39. The van der Waals surface area contributed by atoms with E-state index in [0.717, 1.165) is 0 Å². The molecule has 0 saturated heterocycles. The molecule has 0 heterocycles. The summed E-state index contributed by atoms with van der Waals surface area (Å²) in [5.74, 6) is 0. The van der Waals surface area contributed by atoms with Crippen LogP contribution in [0.25, 0.3) is 0 Å².